The number of aromatic amines is 1. The third-order valence-electron chi connectivity index (χ3n) is 6.02. The van der Waals surface area contributed by atoms with Gasteiger partial charge in [0, 0.05) is 24.7 Å². The Bertz CT molecular complexity index is 1500. The van der Waals surface area contributed by atoms with Crippen molar-refractivity contribution in [2.24, 2.45) is 0 Å². The number of carbonyl (C=O) groups is 2. The molecule has 2 N–H and O–H groups in total. The van der Waals surface area contributed by atoms with Crippen LogP contribution >= 0.6 is 0 Å². The minimum absolute atomic E-state index is 0.00271. The fourth-order valence-electron chi connectivity index (χ4n) is 4.17. The number of nitrogens with one attached hydrogen (secondary N) is 2. The maximum atomic E-state index is 14.2. The normalized spacial score (nSPS) is 16.7. The van der Waals surface area contributed by atoms with Crippen molar-refractivity contribution in [1.29, 1.82) is 0 Å². The average molecular weight is 521 g/mol. The Morgan fingerprint density at radius 2 is 2.08 bits per heavy atom. The van der Waals surface area contributed by atoms with Crippen molar-refractivity contribution in [3.05, 3.63) is 72.5 Å². The van der Waals surface area contributed by atoms with Gasteiger partial charge in [-0.05, 0) is 42.8 Å². The Morgan fingerprint density at radius 3 is 2.79 bits per heavy atom. The van der Waals surface area contributed by atoms with Gasteiger partial charge in [0.25, 0.3) is 11.8 Å². The van der Waals surface area contributed by atoms with E-state index in [0.717, 1.165) is 22.2 Å². The molecule has 4 aromatic rings. The number of hydrogen-bond acceptors (Lipinski definition) is 8. The van der Waals surface area contributed by atoms with Gasteiger partial charge in [-0.15, -0.1) is 0 Å². The maximum absolute atomic E-state index is 14.2. The molecule has 5 rings (SSSR count). The molecule has 1 saturated heterocycles. The zero-order valence-electron chi connectivity index (χ0n) is 20.2. The van der Waals surface area contributed by atoms with Gasteiger partial charge in [-0.25, -0.2) is 18.7 Å². The highest BCUT2D eigenvalue weighted by Crippen LogP contribution is 2.36. The van der Waals surface area contributed by atoms with E-state index < -0.39 is 36.6 Å². The zero-order valence-corrected chi connectivity index (χ0v) is 20.2. The maximum Gasteiger partial charge on any atom is 0.275 e. The Hall–Kier alpha value is -4.81. The number of amides is 2. The van der Waals surface area contributed by atoms with Crippen molar-refractivity contribution in [2.45, 2.75) is 25.2 Å². The summed E-state index contributed by atoms with van der Waals surface area (Å²) in [6, 6.07) is 8.23. The first-order valence-electron chi connectivity index (χ1n) is 11.6. The van der Waals surface area contributed by atoms with Gasteiger partial charge in [0.1, 0.15) is 11.5 Å². The molecular weight excluding hydrogens is 498 g/mol. The van der Waals surface area contributed by atoms with Crippen LogP contribution in [0.25, 0.3) is 22.8 Å². The second-order valence-electron chi connectivity index (χ2n) is 8.86. The number of aryl methyl sites for hydroxylation is 1. The van der Waals surface area contributed by atoms with Crippen LogP contribution in [-0.4, -0.2) is 66.0 Å². The van der Waals surface area contributed by atoms with Crippen molar-refractivity contribution in [2.75, 3.05) is 18.4 Å². The summed E-state index contributed by atoms with van der Waals surface area (Å²) in [7, 11) is 0. The van der Waals surface area contributed by atoms with Crippen LogP contribution in [0.1, 0.15) is 34.3 Å². The van der Waals surface area contributed by atoms with Crippen LogP contribution in [0.2, 0.25) is 0 Å². The van der Waals surface area contributed by atoms with E-state index in [-0.39, 0.29) is 29.8 Å². The van der Waals surface area contributed by atoms with E-state index in [1.54, 1.807) is 36.5 Å². The number of hydrogen-bond donors (Lipinski definition) is 2. The Balaban J connectivity index is 1.27. The molecule has 0 saturated carbocycles. The lowest BCUT2D eigenvalue weighted by atomic mass is 9.95. The number of likely N-dealkylation sites (tertiary alicyclic amines) is 1. The number of anilines is 1. The predicted molar refractivity (Wildman–Crippen MR) is 131 cm³/mol. The zero-order chi connectivity index (χ0) is 26.9. The summed E-state index contributed by atoms with van der Waals surface area (Å²) in [6.07, 6.45) is 3.57. The number of alkyl halides is 2. The molecule has 1 unspecified atom stereocenters. The molecule has 1 aliphatic rings. The van der Waals surface area contributed by atoms with Crippen LogP contribution in [0.5, 0.6) is 0 Å². The number of halogens is 2. The molecule has 38 heavy (non-hydrogen) atoms. The van der Waals surface area contributed by atoms with Gasteiger partial charge in [-0.2, -0.15) is 10.1 Å². The van der Waals surface area contributed by atoms with Crippen LogP contribution in [0.4, 0.5) is 14.6 Å². The summed E-state index contributed by atoms with van der Waals surface area (Å²) < 4.78 is 33.7. The molecule has 194 valence electrons. The van der Waals surface area contributed by atoms with E-state index in [0.29, 0.717) is 11.3 Å². The van der Waals surface area contributed by atoms with Gasteiger partial charge < -0.3 is 14.7 Å². The molecule has 0 bridgehead atoms. The summed E-state index contributed by atoms with van der Waals surface area (Å²) in [4.78, 5) is 38.5. The number of carbonyl (C=O) groups excluding carboxylic acids is 2. The van der Waals surface area contributed by atoms with Gasteiger partial charge in [-0.1, -0.05) is 17.8 Å². The summed E-state index contributed by atoms with van der Waals surface area (Å²) in [5.41, 5.74) is 2.85. The lowest BCUT2D eigenvalue weighted by Gasteiger charge is -2.35. The van der Waals surface area contributed by atoms with E-state index >= 15 is 0 Å². The van der Waals surface area contributed by atoms with Crippen molar-refractivity contribution in [1.82, 2.24) is 35.2 Å². The Kier molecular flexibility index (Phi) is 6.49. The first-order chi connectivity index (χ1) is 18.2. The second-order valence-corrected chi connectivity index (χ2v) is 8.86. The van der Waals surface area contributed by atoms with Crippen molar-refractivity contribution >= 4 is 17.6 Å². The summed E-state index contributed by atoms with van der Waals surface area (Å²) in [5.74, 6) is -4.56. The highest BCUT2D eigenvalue weighted by molar-refractivity contribution is 6.02. The molecule has 0 aliphatic carbocycles. The largest absolute Gasteiger partial charge is 0.339 e. The predicted octanol–water partition coefficient (Wildman–Crippen LogP) is 3.61. The van der Waals surface area contributed by atoms with Crippen LogP contribution in [0, 0.1) is 6.92 Å². The molecule has 4 aromatic heterocycles. The topological polar surface area (TPSA) is 143 Å². The number of rotatable bonds is 6. The third kappa shape index (κ3) is 5.16. The number of nitrogens with zero attached hydrogens (tertiary/aromatic N) is 6. The molecule has 0 aromatic carbocycles. The lowest BCUT2D eigenvalue weighted by molar-refractivity contribution is -0.138. The highest BCUT2D eigenvalue weighted by Gasteiger charge is 2.44. The van der Waals surface area contributed by atoms with Gasteiger partial charge in [0.15, 0.2) is 0 Å². The standard InChI is InChI=1S/C25H22F2N8O3/c1-3-20(36)35-12-16(9-25(26,27)13-35)24-32-22(34-38-24)15-7-8-19(28-11-15)31-23(37)18-6-4-5-17(30-18)21-14(2)10-29-33-21/h3-8,10-11,16H,1,9,12-13H2,2H3,(H,29,33)(H,28,31,37). The first kappa shape index (κ1) is 24.9. The molecule has 0 radical (unpaired) electrons. The lowest BCUT2D eigenvalue weighted by Crippen LogP contribution is -2.48. The number of aromatic nitrogens is 6. The van der Waals surface area contributed by atoms with Gasteiger partial charge in [-0.3, -0.25) is 14.7 Å². The number of pyridine rings is 2. The van der Waals surface area contributed by atoms with E-state index in [1.807, 2.05) is 6.92 Å². The van der Waals surface area contributed by atoms with Crippen molar-refractivity contribution in [3.63, 3.8) is 0 Å². The SMILES string of the molecule is C=CC(=O)N1CC(c2nc(-c3ccc(NC(=O)c4cccc(-c5[nH]ncc5C)n4)nc3)no2)CC(F)(F)C1. The number of H-pyrrole nitrogens is 1. The molecule has 1 fully saturated rings. The van der Waals surface area contributed by atoms with Gasteiger partial charge in [0.05, 0.1) is 30.0 Å². The molecule has 11 nitrogen and oxygen atoms in total. The Morgan fingerprint density at radius 1 is 1.24 bits per heavy atom. The fourth-order valence-corrected chi connectivity index (χ4v) is 4.17. The van der Waals surface area contributed by atoms with Crippen molar-refractivity contribution in [3.8, 4) is 22.8 Å². The molecule has 13 heteroatoms. The van der Waals surface area contributed by atoms with Crippen LogP contribution in [0.15, 0.2) is 59.9 Å². The summed E-state index contributed by atoms with van der Waals surface area (Å²) >= 11 is 0. The molecule has 5 heterocycles. The Labute approximate surface area is 215 Å². The summed E-state index contributed by atoms with van der Waals surface area (Å²) in [5, 5.41) is 13.4. The smallest absolute Gasteiger partial charge is 0.275 e. The van der Waals surface area contributed by atoms with Crippen LogP contribution in [-0.2, 0) is 4.79 Å². The van der Waals surface area contributed by atoms with E-state index in [9.17, 15) is 18.4 Å². The number of piperidine rings is 1. The molecule has 0 spiro atoms. The van der Waals surface area contributed by atoms with Crippen LogP contribution in [0.3, 0.4) is 0 Å². The van der Waals surface area contributed by atoms with Crippen molar-refractivity contribution < 1.29 is 22.9 Å². The van der Waals surface area contributed by atoms with E-state index in [4.69, 9.17) is 4.52 Å². The molecule has 1 atom stereocenters. The van der Waals surface area contributed by atoms with Gasteiger partial charge >= 0.3 is 0 Å². The second kappa shape index (κ2) is 9.92. The van der Waals surface area contributed by atoms with E-state index in [2.05, 4.69) is 42.2 Å². The average Bonchev–Trinajstić information content (AvgIpc) is 3.57. The van der Waals surface area contributed by atoms with Crippen LogP contribution < -0.4 is 5.32 Å². The molecule has 1 aliphatic heterocycles. The molecular formula is C25H22F2N8O3. The minimum atomic E-state index is -3.09. The van der Waals surface area contributed by atoms with E-state index in [1.165, 1.54) is 6.20 Å². The first-order valence-corrected chi connectivity index (χ1v) is 11.6. The quantitative estimate of drug-likeness (QED) is 0.367. The molecule has 2 amide bonds. The minimum Gasteiger partial charge on any atom is -0.339 e. The van der Waals surface area contributed by atoms with Gasteiger partial charge in [0.2, 0.25) is 17.6 Å². The fraction of sp³-hybridized carbons (Fsp3) is 0.240. The summed E-state index contributed by atoms with van der Waals surface area (Å²) in [6.45, 7) is 4.57. The highest BCUT2D eigenvalue weighted by atomic mass is 19.3. The monoisotopic (exact) mass is 520 g/mol. The third-order valence-corrected chi connectivity index (χ3v) is 6.02.